The minimum absolute atomic E-state index is 1.15. The van der Waals surface area contributed by atoms with Gasteiger partial charge in [-0.2, -0.15) is 0 Å². The number of fused-ring (bicyclic) bond motifs is 6. The van der Waals surface area contributed by atoms with Crippen molar-refractivity contribution >= 4 is 43.6 Å². The van der Waals surface area contributed by atoms with Gasteiger partial charge in [0.05, 0.1) is 22.1 Å². The Bertz CT molecular complexity index is 3210. The van der Waals surface area contributed by atoms with E-state index in [0.717, 1.165) is 11.4 Å². The molecule has 2 heteroatoms. The van der Waals surface area contributed by atoms with Crippen molar-refractivity contribution in [3.8, 4) is 55.9 Å². The maximum Gasteiger partial charge on any atom is 0.0547 e. The molecule has 2 aromatic heterocycles. The van der Waals surface area contributed by atoms with E-state index in [1.165, 1.54) is 88.1 Å². The zero-order valence-corrected chi connectivity index (χ0v) is 30.7. The topological polar surface area (TPSA) is 9.86 Å². The molecular weight excluding hydrogens is 677 g/mol. The third-order valence-corrected chi connectivity index (χ3v) is 11.3. The summed E-state index contributed by atoms with van der Waals surface area (Å²) in [6.07, 6.45) is 0. The van der Waals surface area contributed by atoms with Crippen LogP contribution in [0.5, 0.6) is 0 Å². The SMILES string of the molecule is c1ccc(-c2ccc(-c3ccc4c5cc(-c6ccc7c(c6)c6ccccc6n7-c6cccc(-c7ccccc7)c6)ccc5n(-c5ccccc5)c4c3)cc2)cc1. The maximum atomic E-state index is 2.41. The first-order valence-electron chi connectivity index (χ1n) is 19.3. The lowest BCUT2D eigenvalue weighted by atomic mass is 9.98. The Labute approximate surface area is 325 Å². The molecule has 56 heavy (non-hydrogen) atoms. The fourth-order valence-corrected chi connectivity index (χ4v) is 8.61. The zero-order valence-electron chi connectivity index (χ0n) is 30.7. The van der Waals surface area contributed by atoms with E-state index in [0.29, 0.717) is 0 Å². The van der Waals surface area contributed by atoms with Crippen LogP contribution in [0.15, 0.2) is 218 Å². The van der Waals surface area contributed by atoms with Gasteiger partial charge in [0.25, 0.3) is 0 Å². The normalized spacial score (nSPS) is 11.6. The van der Waals surface area contributed by atoms with E-state index in [9.17, 15) is 0 Å². The molecular formula is C54H36N2. The lowest BCUT2D eigenvalue weighted by Crippen LogP contribution is -1.94. The fraction of sp³-hybridized carbons (Fsp3) is 0. The number of benzene rings is 9. The largest absolute Gasteiger partial charge is 0.309 e. The highest BCUT2D eigenvalue weighted by molar-refractivity contribution is 6.13. The number of para-hydroxylation sites is 2. The first-order valence-corrected chi connectivity index (χ1v) is 19.3. The summed E-state index contributed by atoms with van der Waals surface area (Å²) >= 11 is 0. The van der Waals surface area contributed by atoms with Crippen molar-refractivity contribution in [1.82, 2.24) is 9.13 Å². The van der Waals surface area contributed by atoms with Crippen molar-refractivity contribution in [2.75, 3.05) is 0 Å². The standard InChI is InChI=1S/C54H36N2/c1-4-13-37(14-5-1)39-23-25-40(26-24-39)44-27-30-48-50-35-43(28-31-52(50)55(54(48)36-44)45-18-8-3-9-19-45)42-29-32-53-49(34-42)47-21-10-11-22-51(47)56(53)46-20-12-17-41(33-46)38-15-6-2-7-16-38/h1-36H. The van der Waals surface area contributed by atoms with Gasteiger partial charge in [0.1, 0.15) is 0 Å². The lowest BCUT2D eigenvalue weighted by Gasteiger charge is -2.11. The van der Waals surface area contributed by atoms with Crippen LogP contribution in [0.1, 0.15) is 0 Å². The third-order valence-electron chi connectivity index (χ3n) is 11.3. The molecule has 11 aromatic rings. The van der Waals surface area contributed by atoms with E-state index < -0.39 is 0 Å². The molecule has 262 valence electrons. The number of nitrogens with zero attached hydrogens (tertiary/aromatic N) is 2. The van der Waals surface area contributed by atoms with E-state index in [1.54, 1.807) is 0 Å². The van der Waals surface area contributed by atoms with Crippen molar-refractivity contribution in [3.63, 3.8) is 0 Å². The molecule has 11 rings (SSSR count). The summed E-state index contributed by atoms with van der Waals surface area (Å²) in [7, 11) is 0. The lowest BCUT2D eigenvalue weighted by molar-refractivity contribution is 1.18. The van der Waals surface area contributed by atoms with Crippen LogP contribution in [0.3, 0.4) is 0 Å². The third kappa shape index (κ3) is 5.34. The second kappa shape index (κ2) is 13.2. The molecule has 0 spiro atoms. The van der Waals surface area contributed by atoms with Gasteiger partial charge in [-0.15, -0.1) is 0 Å². The second-order valence-electron chi connectivity index (χ2n) is 14.6. The molecule has 9 aromatic carbocycles. The zero-order chi connectivity index (χ0) is 37.0. The Kier molecular flexibility index (Phi) is 7.53. The average molecular weight is 713 g/mol. The highest BCUT2D eigenvalue weighted by atomic mass is 15.0. The van der Waals surface area contributed by atoms with Gasteiger partial charge in [-0.3, -0.25) is 0 Å². The fourth-order valence-electron chi connectivity index (χ4n) is 8.61. The van der Waals surface area contributed by atoms with Crippen molar-refractivity contribution in [3.05, 3.63) is 218 Å². The Hall–Kier alpha value is -7.42. The summed E-state index contributed by atoms with van der Waals surface area (Å²) < 4.78 is 4.82. The van der Waals surface area contributed by atoms with Crippen LogP contribution >= 0.6 is 0 Å². The van der Waals surface area contributed by atoms with Gasteiger partial charge in [-0.05, 0) is 105 Å². The predicted octanol–water partition coefficient (Wildman–Crippen LogP) is 14.5. The van der Waals surface area contributed by atoms with Gasteiger partial charge in [-0.25, -0.2) is 0 Å². The molecule has 0 saturated carbocycles. The smallest absolute Gasteiger partial charge is 0.0547 e. The first kappa shape index (κ1) is 32.0. The Balaban J connectivity index is 1.04. The van der Waals surface area contributed by atoms with Crippen LogP contribution in [-0.2, 0) is 0 Å². The van der Waals surface area contributed by atoms with Crippen molar-refractivity contribution in [2.24, 2.45) is 0 Å². The van der Waals surface area contributed by atoms with E-state index in [-0.39, 0.29) is 0 Å². The molecule has 0 unspecified atom stereocenters. The van der Waals surface area contributed by atoms with Crippen LogP contribution in [0.2, 0.25) is 0 Å². The molecule has 0 bridgehead atoms. The number of hydrogen-bond acceptors (Lipinski definition) is 0. The summed E-state index contributed by atoms with van der Waals surface area (Å²) in [6.45, 7) is 0. The van der Waals surface area contributed by atoms with Gasteiger partial charge < -0.3 is 9.13 Å². The van der Waals surface area contributed by atoms with Gasteiger partial charge in [0.15, 0.2) is 0 Å². The Morgan fingerprint density at radius 1 is 0.196 bits per heavy atom. The van der Waals surface area contributed by atoms with E-state index in [1.807, 2.05) is 0 Å². The van der Waals surface area contributed by atoms with Crippen molar-refractivity contribution < 1.29 is 0 Å². The van der Waals surface area contributed by atoms with Crippen LogP contribution in [0, 0.1) is 0 Å². The summed E-state index contributed by atoms with van der Waals surface area (Å²) in [4.78, 5) is 0. The molecule has 0 aliphatic rings. The van der Waals surface area contributed by atoms with Crippen LogP contribution < -0.4 is 0 Å². The molecule has 0 fully saturated rings. The first-order chi connectivity index (χ1) is 27.8. The average Bonchev–Trinajstić information content (AvgIpc) is 3.79. The predicted molar refractivity (Wildman–Crippen MR) is 237 cm³/mol. The quantitative estimate of drug-likeness (QED) is 0.162. The Morgan fingerprint density at radius 2 is 0.589 bits per heavy atom. The van der Waals surface area contributed by atoms with E-state index in [4.69, 9.17) is 0 Å². The minimum atomic E-state index is 1.15. The molecule has 0 amide bonds. The molecule has 2 nitrogen and oxygen atoms in total. The monoisotopic (exact) mass is 712 g/mol. The van der Waals surface area contributed by atoms with Crippen LogP contribution in [-0.4, -0.2) is 9.13 Å². The Morgan fingerprint density at radius 3 is 1.25 bits per heavy atom. The summed E-state index contributed by atoms with van der Waals surface area (Å²) in [6, 6.07) is 79.4. The minimum Gasteiger partial charge on any atom is -0.309 e. The van der Waals surface area contributed by atoms with Gasteiger partial charge in [0, 0.05) is 32.9 Å². The van der Waals surface area contributed by atoms with Crippen LogP contribution in [0.4, 0.5) is 0 Å². The molecule has 0 radical (unpaired) electrons. The summed E-state index contributed by atoms with van der Waals surface area (Å²) in [5, 5.41) is 4.98. The van der Waals surface area contributed by atoms with Gasteiger partial charge >= 0.3 is 0 Å². The van der Waals surface area contributed by atoms with Crippen LogP contribution in [0.25, 0.3) is 99.5 Å². The summed E-state index contributed by atoms with van der Waals surface area (Å²) in [5.41, 5.74) is 16.8. The number of hydrogen-bond donors (Lipinski definition) is 0. The number of aromatic nitrogens is 2. The van der Waals surface area contributed by atoms with Gasteiger partial charge in [-0.1, -0.05) is 158 Å². The van der Waals surface area contributed by atoms with E-state index >= 15 is 0 Å². The van der Waals surface area contributed by atoms with Gasteiger partial charge in [0.2, 0.25) is 0 Å². The maximum absolute atomic E-state index is 2.41. The molecule has 2 heterocycles. The highest BCUT2D eigenvalue weighted by Crippen LogP contribution is 2.40. The molecule has 0 saturated heterocycles. The second-order valence-corrected chi connectivity index (χ2v) is 14.6. The highest BCUT2D eigenvalue weighted by Gasteiger charge is 2.17. The van der Waals surface area contributed by atoms with E-state index in [2.05, 4.69) is 228 Å². The van der Waals surface area contributed by atoms with Crippen molar-refractivity contribution in [1.29, 1.82) is 0 Å². The molecule has 0 aliphatic carbocycles. The molecule has 0 aliphatic heterocycles. The molecule has 0 atom stereocenters. The summed E-state index contributed by atoms with van der Waals surface area (Å²) in [5.74, 6) is 0. The van der Waals surface area contributed by atoms with Crippen molar-refractivity contribution in [2.45, 2.75) is 0 Å². The molecule has 0 N–H and O–H groups in total. The number of rotatable bonds is 6.